The zero-order valence-corrected chi connectivity index (χ0v) is 11.0. The SMILES string of the molecule is C=C(C)CCC(N)Cc1ccc(Cl)cc1Cl. The molecular weight excluding hydrogens is 241 g/mol. The zero-order valence-electron chi connectivity index (χ0n) is 9.47. The summed E-state index contributed by atoms with van der Waals surface area (Å²) in [6.45, 7) is 5.88. The molecule has 1 atom stereocenters. The van der Waals surface area contributed by atoms with Crippen molar-refractivity contribution in [3.05, 3.63) is 46.0 Å². The Bertz CT molecular complexity index is 374. The number of halogens is 2. The Morgan fingerprint density at radius 3 is 2.69 bits per heavy atom. The number of hydrogen-bond donors (Lipinski definition) is 1. The van der Waals surface area contributed by atoms with Gasteiger partial charge in [0.15, 0.2) is 0 Å². The second kappa shape index (κ2) is 6.29. The van der Waals surface area contributed by atoms with Crippen LogP contribution in [0.1, 0.15) is 25.3 Å². The number of rotatable bonds is 5. The molecule has 0 aromatic heterocycles. The molecule has 0 fully saturated rings. The van der Waals surface area contributed by atoms with Crippen LogP contribution in [0.4, 0.5) is 0 Å². The summed E-state index contributed by atoms with van der Waals surface area (Å²) < 4.78 is 0. The molecule has 0 bridgehead atoms. The second-order valence-corrected chi connectivity index (χ2v) is 5.04. The lowest BCUT2D eigenvalue weighted by molar-refractivity contribution is 0.609. The van der Waals surface area contributed by atoms with Crippen LogP contribution in [0, 0.1) is 0 Å². The standard InChI is InChI=1S/C13H17Cl2N/c1-9(2)3-6-12(16)7-10-4-5-11(14)8-13(10)15/h4-5,8,12H,1,3,6-7,16H2,2H3. The molecule has 16 heavy (non-hydrogen) atoms. The van der Waals surface area contributed by atoms with Crippen molar-refractivity contribution in [1.82, 2.24) is 0 Å². The van der Waals surface area contributed by atoms with E-state index in [9.17, 15) is 0 Å². The summed E-state index contributed by atoms with van der Waals surface area (Å²) in [5.41, 5.74) is 8.25. The molecule has 1 aromatic carbocycles. The maximum Gasteiger partial charge on any atom is 0.0453 e. The topological polar surface area (TPSA) is 26.0 Å². The predicted molar refractivity (Wildman–Crippen MR) is 72.2 cm³/mol. The van der Waals surface area contributed by atoms with Gasteiger partial charge in [-0.05, 0) is 43.9 Å². The van der Waals surface area contributed by atoms with Crippen LogP contribution in [0.25, 0.3) is 0 Å². The molecule has 0 radical (unpaired) electrons. The van der Waals surface area contributed by atoms with E-state index in [0.29, 0.717) is 10.0 Å². The van der Waals surface area contributed by atoms with Gasteiger partial charge in [-0.25, -0.2) is 0 Å². The maximum atomic E-state index is 6.08. The molecule has 0 aliphatic carbocycles. The van der Waals surface area contributed by atoms with Gasteiger partial charge in [0.05, 0.1) is 0 Å². The number of allylic oxidation sites excluding steroid dienone is 1. The summed E-state index contributed by atoms with van der Waals surface area (Å²) in [5.74, 6) is 0. The molecule has 2 N–H and O–H groups in total. The largest absolute Gasteiger partial charge is 0.327 e. The summed E-state index contributed by atoms with van der Waals surface area (Å²) in [6, 6.07) is 5.65. The van der Waals surface area contributed by atoms with Crippen LogP contribution in [0.5, 0.6) is 0 Å². The number of nitrogens with two attached hydrogens (primary N) is 1. The molecule has 1 rings (SSSR count). The van der Waals surface area contributed by atoms with Gasteiger partial charge in [-0.15, -0.1) is 6.58 Å². The molecule has 1 nitrogen and oxygen atoms in total. The van der Waals surface area contributed by atoms with Crippen LogP contribution in [-0.2, 0) is 6.42 Å². The van der Waals surface area contributed by atoms with Crippen molar-refractivity contribution in [2.45, 2.75) is 32.2 Å². The highest BCUT2D eigenvalue weighted by Gasteiger charge is 2.07. The van der Waals surface area contributed by atoms with Crippen molar-refractivity contribution in [3.63, 3.8) is 0 Å². The summed E-state index contributed by atoms with van der Waals surface area (Å²) >= 11 is 11.9. The van der Waals surface area contributed by atoms with Gasteiger partial charge in [-0.2, -0.15) is 0 Å². The van der Waals surface area contributed by atoms with Crippen molar-refractivity contribution in [1.29, 1.82) is 0 Å². The highest BCUT2D eigenvalue weighted by Crippen LogP contribution is 2.22. The van der Waals surface area contributed by atoms with E-state index < -0.39 is 0 Å². The average molecular weight is 258 g/mol. The maximum absolute atomic E-state index is 6.08. The lowest BCUT2D eigenvalue weighted by atomic mass is 10.0. The fourth-order valence-electron chi connectivity index (χ4n) is 1.50. The third-order valence-electron chi connectivity index (χ3n) is 2.44. The second-order valence-electron chi connectivity index (χ2n) is 4.20. The van der Waals surface area contributed by atoms with Crippen molar-refractivity contribution >= 4 is 23.2 Å². The van der Waals surface area contributed by atoms with Crippen LogP contribution in [0.3, 0.4) is 0 Å². The van der Waals surface area contributed by atoms with Crippen molar-refractivity contribution < 1.29 is 0 Å². The first kappa shape index (κ1) is 13.6. The van der Waals surface area contributed by atoms with Gasteiger partial charge >= 0.3 is 0 Å². The predicted octanol–water partition coefficient (Wildman–Crippen LogP) is 4.22. The Labute approximate surface area is 107 Å². The minimum Gasteiger partial charge on any atom is -0.327 e. The van der Waals surface area contributed by atoms with E-state index in [4.69, 9.17) is 28.9 Å². The third kappa shape index (κ3) is 4.56. The molecule has 88 valence electrons. The lowest BCUT2D eigenvalue weighted by Crippen LogP contribution is -2.22. The lowest BCUT2D eigenvalue weighted by Gasteiger charge is -2.12. The quantitative estimate of drug-likeness (QED) is 0.786. The van der Waals surface area contributed by atoms with Crippen molar-refractivity contribution in [2.75, 3.05) is 0 Å². The smallest absolute Gasteiger partial charge is 0.0453 e. The van der Waals surface area contributed by atoms with Gasteiger partial charge < -0.3 is 5.73 Å². The Morgan fingerprint density at radius 2 is 2.12 bits per heavy atom. The van der Waals surface area contributed by atoms with E-state index >= 15 is 0 Å². The minimum atomic E-state index is 0.121. The normalized spacial score (nSPS) is 12.5. The molecule has 0 saturated heterocycles. The molecule has 0 heterocycles. The number of hydrogen-bond acceptors (Lipinski definition) is 1. The van der Waals surface area contributed by atoms with Gasteiger partial charge in [-0.1, -0.05) is 34.8 Å². The Balaban J connectivity index is 2.55. The van der Waals surface area contributed by atoms with Crippen LogP contribution in [-0.4, -0.2) is 6.04 Å². The summed E-state index contributed by atoms with van der Waals surface area (Å²) in [5, 5.41) is 1.35. The molecule has 0 amide bonds. The van der Waals surface area contributed by atoms with Gasteiger partial charge in [0.1, 0.15) is 0 Å². The molecular formula is C13H17Cl2N. The van der Waals surface area contributed by atoms with Crippen LogP contribution in [0.15, 0.2) is 30.4 Å². The summed E-state index contributed by atoms with van der Waals surface area (Å²) in [7, 11) is 0. The van der Waals surface area contributed by atoms with Crippen LogP contribution >= 0.6 is 23.2 Å². The molecule has 1 unspecified atom stereocenters. The Hall–Kier alpha value is -0.500. The fourth-order valence-corrected chi connectivity index (χ4v) is 1.99. The van der Waals surface area contributed by atoms with Crippen molar-refractivity contribution in [3.8, 4) is 0 Å². The monoisotopic (exact) mass is 257 g/mol. The Kier molecular flexibility index (Phi) is 5.33. The van der Waals surface area contributed by atoms with E-state index in [1.54, 1.807) is 6.07 Å². The first-order valence-electron chi connectivity index (χ1n) is 5.33. The molecule has 0 spiro atoms. The molecule has 1 aromatic rings. The van der Waals surface area contributed by atoms with E-state index in [1.807, 2.05) is 19.1 Å². The Morgan fingerprint density at radius 1 is 1.44 bits per heavy atom. The van der Waals surface area contributed by atoms with Crippen LogP contribution < -0.4 is 5.73 Å². The summed E-state index contributed by atoms with van der Waals surface area (Å²) in [6.07, 6.45) is 2.68. The average Bonchev–Trinajstić information content (AvgIpc) is 2.19. The van der Waals surface area contributed by atoms with Gasteiger partial charge in [-0.3, -0.25) is 0 Å². The molecule has 0 aliphatic rings. The van der Waals surface area contributed by atoms with E-state index in [1.165, 1.54) is 0 Å². The van der Waals surface area contributed by atoms with Crippen molar-refractivity contribution in [2.24, 2.45) is 5.73 Å². The zero-order chi connectivity index (χ0) is 12.1. The minimum absolute atomic E-state index is 0.121. The van der Waals surface area contributed by atoms with Gasteiger partial charge in [0.2, 0.25) is 0 Å². The molecule has 0 aliphatic heterocycles. The fraction of sp³-hybridized carbons (Fsp3) is 0.385. The van der Waals surface area contributed by atoms with Gasteiger partial charge in [0.25, 0.3) is 0 Å². The molecule has 0 saturated carbocycles. The third-order valence-corrected chi connectivity index (χ3v) is 3.03. The molecule has 3 heteroatoms. The first-order chi connectivity index (χ1) is 7.49. The highest BCUT2D eigenvalue weighted by atomic mass is 35.5. The highest BCUT2D eigenvalue weighted by molar-refractivity contribution is 6.35. The van der Waals surface area contributed by atoms with E-state index in [-0.39, 0.29) is 6.04 Å². The van der Waals surface area contributed by atoms with Crippen LogP contribution in [0.2, 0.25) is 10.0 Å². The first-order valence-corrected chi connectivity index (χ1v) is 6.08. The van der Waals surface area contributed by atoms with E-state index in [0.717, 1.165) is 30.4 Å². The number of benzene rings is 1. The van der Waals surface area contributed by atoms with E-state index in [2.05, 4.69) is 6.58 Å². The summed E-state index contributed by atoms with van der Waals surface area (Å²) in [4.78, 5) is 0. The van der Waals surface area contributed by atoms with Gasteiger partial charge in [0, 0.05) is 16.1 Å².